The monoisotopic (exact) mass is 222 g/mol. The summed E-state index contributed by atoms with van der Waals surface area (Å²) < 4.78 is 0. The lowest BCUT2D eigenvalue weighted by molar-refractivity contribution is 0.653. The van der Waals surface area contributed by atoms with Gasteiger partial charge in [0.25, 0.3) is 0 Å². The Labute approximate surface area is 101 Å². The molecular formula is C15H14N2. The van der Waals surface area contributed by atoms with Crippen molar-refractivity contribution in [1.29, 1.82) is 5.26 Å². The molecule has 0 N–H and O–H groups in total. The molecule has 1 heterocycles. The SMILES string of the molecule is N#Cc1ccc([C@H]2CCCC3=NCC=C32)cc1. The van der Waals surface area contributed by atoms with Crippen LogP contribution in [-0.2, 0) is 0 Å². The fraction of sp³-hybridized carbons (Fsp3) is 0.333. The van der Waals surface area contributed by atoms with Gasteiger partial charge in [-0.3, -0.25) is 4.99 Å². The van der Waals surface area contributed by atoms with Gasteiger partial charge in [-0.2, -0.15) is 5.26 Å². The van der Waals surface area contributed by atoms with E-state index in [9.17, 15) is 0 Å². The highest BCUT2D eigenvalue weighted by atomic mass is 14.8. The van der Waals surface area contributed by atoms with Crippen molar-refractivity contribution in [3.05, 3.63) is 47.0 Å². The summed E-state index contributed by atoms with van der Waals surface area (Å²) in [6.45, 7) is 0.859. The highest BCUT2D eigenvalue weighted by molar-refractivity contribution is 6.03. The molecule has 0 amide bonds. The van der Waals surface area contributed by atoms with Crippen molar-refractivity contribution in [2.75, 3.05) is 6.54 Å². The number of rotatable bonds is 1. The van der Waals surface area contributed by atoms with E-state index in [0.717, 1.165) is 18.5 Å². The van der Waals surface area contributed by atoms with Crippen LogP contribution < -0.4 is 0 Å². The average molecular weight is 222 g/mol. The van der Waals surface area contributed by atoms with Crippen LogP contribution in [0.4, 0.5) is 0 Å². The molecule has 17 heavy (non-hydrogen) atoms. The quantitative estimate of drug-likeness (QED) is 0.718. The summed E-state index contributed by atoms with van der Waals surface area (Å²) in [5, 5.41) is 8.81. The molecule has 0 unspecified atom stereocenters. The molecule has 1 saturated carbocycles. The summed E-state index contributed by atoms with van der Waals surface area (Å²) in [5.41, 5.74) is 4.80. The maximum Gasteiger partial charge on any atom is 0.0991 e. The molecular weight excluding hydrogens is 208 g/mol. The smallest absolute Gasteiger partial charge is 0.0991 e. The van der Waals surface area contributed by atoms with Crippen molar-refractivity contribution in [2.24, 2.45) is 4.99 Å². The second kappa shape index (κ2) is 4.18. The highest BCUT2D eigenvalue weighted by Gasteiger charge is 2.26. The Morgan fingerprint density at radius 3 is 2.82 bits per heavy atom. The lowest BCUT2D eigenvalue weighted by atomic mass is 9.79. The van der Waals surface area contributed by atoms with Gasteiger partial charge in [0.1, 0.15) is 0 Å². The molecule has 2 nitrogen and oxygen atoms in total. The second-order valence-electron chi connectivity index (χ2n) is 4.63. The van der Waals surface area contributed by atoms with Crippen molar-refractivity contribution in [3.63, 3.8) is 0 Å². The van der Waals surface area contributed by atoms with Crippen LogP contribution in [0, 0.1) is 11.3 Å². The summed E-state index contributed by atoms with van der Waals surface area (Å²) in [6, 6.07) is 10.2. The summed E-state index contributed by atoms with van der Waals surface area (Å²) in [5.74, 6) is 0.498. The Kier molecular flexibility index (Phi) is 2.53. The third-order valence-electron chi connectivity index (χ3n) is 3.65. The van der Waals surface area contributed by atoms with Gasteiger partial charge in [0.2, 0.25) is 0 Å². The molecule has 0 radical (unpaired) electrons. The second-order valence-corrected chi connectivity index (χ2v) is 4.63. The van der Waals surface area contributed by atoms with Gasteiger partial charge < -0.3 is 0 Å². The predicted octanol–water partition coefficient (Wildman–Crippen LogP) is 3.21. The predicted molar refractivity (Wildman–Crippen MR) is 68.1 cm³/mol. The molecule has 1 aromatic rings. The standard InChI is InChI=1S/C15H14N2/c16-10-11-4-6-12(7-5-11)13-2-1-3-15-14(13)8-9-17-15/h4-8,13H,1-3,9H2/t13-/m1/s1. The first-order valence-corrected chi connectivity index (χ1v) is 6.12. The molecule has 1 aliphatic heterocycles. The van der Waals surface area contributed by atoms with Gasteiger partial charge in [0.05, 0.1) is 18.2 Å². The molecule has 1 aromatic carbocycles. The molecule has 1 fully saturated rings. The molecule has 84 valence electrons. The minimum atomic E-state index is 0.498. The molecule has 1 aliphatic carbocycles. The molecule has 0 aromatic heterocycles. The molecule has 2 heteroatoms. The van der Waals surface area contributed by atoms with Crippen molar-refractivity contribution in [3.8, 4) is 6.07 Å². The average Bonchev–Trinajstić information content (AvgIpc) is 2.87. The first kappa shape index (κ1) is 10.3. The third kappa shape index (κ3) is 1.78. The van der Waals surface area contributed by atoms with E-state index in [4.69, 9.17) is 5.26 Å². The largest absolute Gasteiger partial charge is 0.285 e. The molecule has 1 atom stereocenters. The minimum absolute atomic E-state index is 0.498. The number of aliphatic imine (C=N–C) groups is 1. The van der Waals surface area contributed by atoms with Gasteiger partial charge in [-0.25, -0.2) is 0 Å². The summed E-state index contributed by atoms with van der Waals surface area (Å²) in [4.78, 5) is 4.54. The Hall–Kier alpha value is -1.88. The third-order valence-corrected chi connectivity index (χ3v) is 3.65. The van der Waals surface area contributed by atoms with Crippen LogP contribution in [0.15, 0.2) is 40.9 Å². The number of hydrogen-bond acceptors (Lipinski definition) is 2. The normalized spacial score (nSPS) is 22.4. The van der Waals surface area contributed by atoms with Crippen LogP contribution >= 0.6 is 0 Å². The van der Waals surface area contributed by atoms with E-state index >= 15 is 0 Å². The van der Waals surface area contributed by atoms with E-state index in [-0.39, 0.29) is 0 Å². The number of benzene rings is 1. The first-order chi connectivity index (χ1) is 8.38. The van der Waals surface area contributed by atoms with E-state index in [2.05, 4.69) is 29.3 Å². The fourth-order valence-corrected chi connectivity index (χ4v) is 2.80. The topological polar surface area (TPSA) is 36.1 Å². The zero-order valence-electron chi connectivity index (χ0n) is 9.69. The summed E-state index contributed by atoms with van der Waals surface area (Å²) >= 11 is 0. The van der Waals surface area contributed by atoms with Crippen molar-refractivity contribution in [1.82, 2.24) is 0 Å². The molecule has 0 bridgehead atoms. The van der Waals surface area contributed by atoms with Crippen molar-refractivity contribution < 1.29 is 0 Å². The molecule has 0 spiro atoms. The van der Waals surface area contributed by atoms with E-state index in [1.165, 1.54) is 29.7 Å². The Balaban J connectivity index is 1.93. The Morgan fingerprint density at radius 2 is 2.06 bits per heavy atom. The molecule has 2 aliphatic rings. The van der Waals surface area contributed by atoms with Gasteiger partial charge in [0, 0.05) is 11.6 Å². The van der Waals surface area contributed by atoms with E-state index < -0.39 is 0 Å². The lowest BCUT2D eigenvalue weighted by Gasteiger charge is -2.25. The zero-order chi connectivity index (χ0) is 11.7. The van der Waals surface area contributed by atoms with E-state index in [1.807, 2.05) is 12.1 Å². The number of allylic oxidation sites excluding steroid dienone is 1. The van der Waals surface area contributed by atoms with Gasteiger partial charge in [-0.05, 0) is 42.5 Å². The number of fused-ring (bicyclic) bond motifs is 1. The van der Waals surface area contributed by atoms with Crippen LogP contribution in [0.1, 0.15) is 36.3 Å². The van der Waals surface area contributed by atoms with Crippen molar-refractivity contribution >= 4 is 5.71 Å². The van der Waals surface area contributed by atoms with Crippen LogP contribution in [-0.4, -0.2) is 12.3 Å². The van der Waals surface area contributed by atoms with Crippen LogP contribution in [0.3, 0.4) is 0 Å². The van der Waals surface area contributed by atoms with Crippen LogP contribution in [0.5, 0.6) is 0 Å². The van der Waals surface area contributed by atoms with Crippen molar-refractivity contribution in [2.45, 2.75) is 25.2 Å². The van der Waals surface area contributed by atoms with Crippen LogP contribution in [0.2, 0.25) is 0 Å². The van der Waals surface area contributed by atoms with E-state index in [1.54, 1.807) is 0 Å². The number of hydrogen-bond donors (Lipinski definition) is 0. The summed E-state index contributed by atoms with van der Waals surface area (Å²) in [7, 11) is 0. The van der Waals surface area contributed by atoms with Gasteiger partial charge in [-0.1, -0.05) is 18.2 Å². The van der Waals surface area contributed by atoms with Crippen LogP contribution in [0.25, 0.3) is 0 Å². The Morgan fingerprint density at radius 1 is 1.24 bits per heavy atom. The maximum atomic E-state index is 8.81. The Bertz CT molecular complexity index is 529. The number of nitrogens with zero attached hydrogens (tertiary/aromatic N) is 2. The van der Waals surface area contributed by atoms with Gasteiger partial charge in [0.15, 0.2) is 0 Å². The lowest BCUT2D eigenvalue weighted by Crippen LogP contribution is -2.15. The fourth-order valence-electron chi connectivity index (χ4n) is 2.80. The maximum absolute atomic E-state index is 8.81. The van der Waals surface area contributed by atoms with Gasteiger partial charge >= 0.3 is 0 Å². The summed E-state index contributed by atoms with van der Waals surface area (Å²) in [6.07, 6.45) is 5.83. The highest BCUT2D eigenvalue weighted by Crippen LogP contribution is 2.37. The molecule has 0 saturated heterocycles. The zero-order valence-corrected chi connectivity index (χ0v) is 9.69. The minimum Gasteiger partial charge on any atom is -0.285 e. The number of nitriles is 1. The van der Waals surface area contributed by atoms with E-state index in [0.29, 0.717) is 5.92 Å². The first-order valence-electron chi connectivity index (χ1n) is 6.12. The van der Waals surface area contributed by atoms with Gasteiger partial charge in [-0.15, -0.1) is 0 Å². The molecule has 3 rings (SSSR count).